The SMILES string of the molecule is C[C@H]1C[C@H](OCc2ccc(C(C)(C)C)cc2)[C@@H]2C=C(Cl)C=C[C@@H]2S1. The van der Waals surface area contributed by atoms with E-state index >= 15 is 0 Å². The van der Waals surface area contributed by atoms with E-state index in [1.807, 2.05) is 17.8 Å². The van der Waals surface area contributed by atoms with Gasteiger partial charge in [0.25, 0.3) is 0 Å². The Morgan fingerprint density at radius 2 is 1.92 bits per heavy atom. The van der Waals surface area contributed by atoms with Crippen LogP contribution in [-0.2, 0) is 16.8 Å². The summed E-state index contributed by atoms with van der Waals surface area (Å²) >= 11 is 8.26. The van der Waals surface area contributed by atoms with Crippen LogP contribution in [0.1, 0.15) is 45.2 Å². The van der Waals surface area contributed by atoms with E-state index in [0.29, 0.717) is 23.0 Å². The van der Waals surface area contributed by atoms with Crippen molar-refractivity contribution in [3.05, 3.63) is 58.7 Å². The quantitative estimate of drug-likeness (QED) is 0.645. The zero-order chi connectivity index (χ0) is 17.3. The Morgan fingerprint density at radius 1 is 1.21 bits per heavy atom. The monoisotopic (exact) mass is 362 g/mol. The number of halogens is 1. The second kappa shape index (κ2) is 7.27. The first-order chi connectivity index (χ1) is 11.3. The molecular weight excluding hydrogens is 336 g/mol. The minimum Gasteiger partial charge on any atom is -0.373 e. The fourth-order valence-corrected chi connectivity index (χ4v) is 5.06. The molecule has 1 aliphatic carbocycles. The van der Waals surface area contributed by atoms with E-state index in [9.17, 15) is 0 Å². The molecule has 0 bridgehead atoms. The highest BCUT2D eigenvalue weighted by Crippen LogP contribution is 2.42. The fourth-order valence-electron chi connectivity index (χ4n) is 3.40. The van der Waals surface area contributed by atoms with E-state index in [0.717, 1.165) is 11.5 Å². The van der Waals surface area contributed by atoms with Crippen molar-refractivity contribution >= 4 is 23.4 Å². The molecule has 1 heterocycles. The molecule has 0 N–H and O–H groups in total. The van der Waals surface area contributed by atoms with Crippen molar-refractivity contribution in [3.63, 3.8) is 0 Å². The zero-order valence-corrected chi connectivity index (χ0v) is 16.5. The van der Waals surface area contributed by atoms with Gasteiger partial charge in [-0.2, -0.15) is 11.8 Å². The van der Waals surface area contributed by atoms with E-state index in [2.05, 4.69) is 64.1 Å². The molecule has 0 amide bonds. The average Bonchev–Trinajstić information content (AvgIpc) is 2.52. The molecule has 1 fully saturated rings. The molecule has 2 aliphatic rings. The molecule has 3 rings (SSSR count). The Morgan fingerprint density at radius 3 is 2.58 bits per heavy atom. The third-order valence-electron chi connectivity index (χ3n) is 4.84. The Kier molecular flexibility index (Phi) is 5.48. The van der Waals surface area contributed by atoms with Gasteiger partial charge in [-0.15, -0.1) is 0 Å². The number of hydrogen-bond donors (Lipinski definition) is 0. The van der Waals surface area contributed by atoms with E-state index in [1.54, 1.807) is 0 Å². The molecular formula is C21H27ClOS. The Bertz CT molecular complexity index is 626. The molecule has 4 atom stereocenters. The molecule has 1 saturated heterocycles. The van der Waals surface area contributed by atoms with Gasteiger partial charge in [-0.1, -0.05) is 75.7 Å². The largest absolute Gasteiger partial charge is 0.373 e. The highest BCUT2D eigenvalue weighted by atomic mass is 35.5. The number of hydrogen-bond acceptors (Lipinski definition) is 2. The third-order valence-corrected chi connectivity index (χ3v) is 6.54. The van der Waals surface area contributed by atoms with Crippen molar-refractivity contribution in [1.29, 1.82) is 0 Å². The van der Waals surface area contributed by atoms with Crippen LogP contribution in [0.25, 0.3) is 0 Å². The molecule has 0 aromatic heterocycles. The lowest BCUT2D eigenvalue weighted by atomic mass is 9.87. The van der Waals surface area contributed by atoms with Crippen LogP contribution in [0, 0.1) is 5.92 Å². The summed E-state index contributed by atoms with van der Waals surface area (Å²) in [5.74, 6) is 0.387. The number of allylic oxidation sites excluding steroid dienone is 2. The molecule has 0 radical (unpaired) electrons. The van der Waals surface area contributed by atoms with Crippen molar-refractivity contribution < 1.29 is 4.74 Å². The number of fused-ring (bicyclic) bond motifs is 1. The second-order valence-corrected chi connectivity index (χ2v) is 9.99. The van der Waals surface area contributed by atoms with E-state index in [-0.39, 0.29) is 11.5 Å². The smallest absolute Gasteiger partial charge is 0.0720 e. The van der Waals surface area contributed by atoms with Crippen LogP contribution in [0.2, 0.25) is 0 Å². The van der Waals surface area contributed by atoms with Gasteiger partial charge in [0.15, 0.2) is 0 Å². The Balaban J connectivity index is 1.65. The fraction of sp³-hybridized carbons (Fsp3) is 0.524. The van der Waals surface area contributed by atoms with Crippen LogP contribution >= 0.6 is 23.4 Å². The van der Waals surface area contributed by atoms with Crippen LogP contribution in [0.15, 0.2) is 47.5 Å². The minimum absolute atomic E-state index is 0.193. The number of benzene rings is 1. The summed E-state index contributed by atoms with van der Waals surface area (Å²) < 4.78 is 6.33. The highest BCUT2D eigenvalue weighted by Gasteiger charge is 2.36. The average molecular weight is 363 g/mol. The topological polar surface area (TPSA) is 9.23 Å². The molecule has 0 unspecified atom stereocenters. The number of thioether (sulfide) groups is 1. The summed E-state index contributed by atoms with van der Waals surface area (Å²) in [4.78, 5) is 0. The summed E-state index contributed by atoms with van der Waals surface area (Å²) in [7, 11) is 0. The van der Waals surface area contributed by atoms with Crippen LogP contribution in [-0.4, -0.2) is 16.6 Å². The number of rotatable bonds is 3. The van der Waals surface area contributed by atoms with Gasteiger partial charge < -0.3 is 4.74 Å². The molecule has 130 valence electrons. The number of ether oxygens (including phenoxy) is 1. The van der Waals surface area contributed by atoms with Gasteiger partial charge in [0.05, 0.1) is 12.7 Å². The Hall–Kier alpha value is -0.700. The Labute approximate surface area is 155 Å². The molecule has 24 heavy (non-hydrogen) atoms. The van der Waals surface area contributed by atoms with Crippen LogP contribution in [0.4, 0.5) is 0 Å². The van der Waals surface area contributed by atoms with Gasteiger partial charge in [0, 0.05) is 21.5 Å². The third kappa shape index (κ3) is 4.28. The molecule has 1 aliphatic heterocycles. The van der Waals surface area contributed by atoms with Gasteiger partial charge in [-0.3, -0.25) is 0 Å². The maximum Gasteiger partial charge on any atom is 0.0720 e. The summed E-state index contributed by atoms with van der Waals surface area (Å²) in [5.41, 5.74) is 2.80. The second-order valence-electron chi connectivity index (χ2n) is 7.93. The maximum atomic E-state index is 6.33. The standard InChI is InChI=1S/C21H27ClOS/c1-14-11-19(18-12-17(22)9-10-20(18)24-14)23-13-15-5-7-16(8-6-15)21(2,3)4/h5-10,12,14,18-20H,11,13H2,1-4H3/t14-,18-,19-,20-/m0/s1. The van der Waals surface area contributed by atoms with E-state index < -0.39 is 0 Å². The lowest BCUT2D eigenvalue weighted by Crippen LogP contribution is -2.38. The summed E-state index contributed by atoms with van der Waals surface area (Å²) in [5, 5.41) is 1.95. The predicted octanol–water partition coefficient (Wildman–Crippen LogP) is 6.07. The maximum absolute atomic E-state index is 6.33. The van der Waals surface area contributed by atoms with Crippen LogP contribution < -0.4 is 0 Å². The van der Waals surface area contributed by atoms with Gasteiger partial charge in [-0.05, 0) is 29.0 Å². The van der Waals surface area contributed by atoms with Gasteiger partial charge in [0.2, 0.25) is 0 Å². The van der Waals surface area contributed by atoms with E-state index in [1.165, 1.54) is 11.1 Å². The summed E-state index contributed by atoms with van der Waals surface area (Å²) in [6, 6.07) is 8.84. The molecule has 0 spiro atoms. The first-order valence-corrected chi connectivity index (χ1v) is 10.1. The first kappa shape index (κ1) is 18.1. The van der Waals surface area contributed by atoms with E-state index in [4.69, 9.17) is 16.3 Å². The van der Waals surface area contributed by atoms with Gasteiger partial charge in [-0.25, -0.2) is 0 Å². The minimum atomic E-state index is 0.193. The van der Waals surface area contributed by atoms with Crippen LogP contribution in [0.3, 0.4) is 0 Å². The normalized spacial score (nSPS) is 30.0. The van der Waals surface area contributed by atoms with Crippen molar-refractivity contribution in [2.45, 2.75) is 62.7 Å². The van der Waals surface area contributed by atoms with Crippen LogP contribution in [0.5, 0.6) is 0 Å². The van der Waals surface area contributed by atoms with Gasteiger partial charge in [0.1, 0.15) is 0 Å². The first-order valence-electron chi connectivity index (χ1n) is 8.75. The predicted molar refractivity (Wildman–Crippen MR) is 106 cm³/mol. The molecule has 1 aromatic carbocycles. The summed E-state index contributed by atoms with van der Waals surface area (Å²) in [6.07, 6.45) is 7.77. The van der Waals surface area contributed by atoms with Crippen molar-refractivity contribution in [3.8, 4) is 0 Å². The summed E-state index contributed by atoms with van der Waals surface area (Å²) in [6.45, 7) is 9.69. The van der Waals surface area contributed by atoms with Gasteiger partial charge >= 0.3 is 0 Å². The molecule has 1 aromatic rings. The van der Waals surface area contributed by atoms with Crippen molar-refractivity contribution in [2.75, 3.05) is 0 Å². The molecule has 0 saturated carbocycles. The highest BCUT2D eigenvalue weighted by molar-refractivity contribution is 8.00. The van der Waals surface area contributed by atoms with Crippen molar-refractivity contribution in [2.24, 2.45) is 5.92 Å². The zero-order valence-electron chi connectivity index (χ0n) is 15.0. The lowest BCUT2D eigenvalue weighted by Gasteiger charge is -2.39. The molecule has 3 heteroatoms. The molecule has 1 nitrogen and oxygen atoms in total. The van der Waals surface area contributed by atoms with Crippen molar-refractivity contribution in [1.82, 2.24) is 0 Å². The lowest BCUT2D eigenvalue weighted by molar-refractivity contribution is 0.00714.